The zero-order chi connectivity index (χ0) is 14.7. The van der Waals surface area contributed by atoms with Crippen molar-refractivity contribution in [3.05, 3.63) is 35.1 Å². The average molecular weight is 290 g/mol. The number of nitriles is 1. The number of hydrogen-bond donors (Lipinski definition) is 1. The van der Waals surface area contributed by atoms with Gasteiger partial charge in [0.15, 0.2) is 0 Å². The zero-order valence-electron chi connectivity index (χ0n) is 11.9. The summed E-state index contributed by atoms with van der Waals surface area (Å²) in [6, 6.07) is 6.37. The second-order valence-corrected chi connectivity index (χ2v) is 5.81. The molecule has 112 valence electrons. The van der Waals surface area contributed by atoms with E-state index in [0.717, 1.165) is 37.9 Å². The van der Waals surface area contributed by atoms with Crippen molar-refractivity contribution in [1.29, 1.82) is 5.26 Å². The second-order valence-electron chi connectivity index (χ2n) is 5.81. The SMILES string of the molecule is N#Cc1cc(COC2COC3(CCNCC3)C2)ccc1F. The highest BCUT2D eigenvalue weighted by Crippen LogP contribution is 2.35. The molecular formula is C16H19FN2O2. The maximum atomic E-state index is 13.3. The molecule has 2 saturated heterocycles. The first-order chi connectivity index (χ1) is 10.2. The molecule has 2 heterocycles. The number of hydrogen-bond acceptors (Lipinski definition) is 4. The standard InChI is InChI=1S/C16H19FN2O2/c17-15-2-1-12(7-13(15)9-18)10-20-14-8-16(21-11-14)3-5-19-6-4-16/h1-2,7,14,19H,3-6,8,10-11H2. The summed E-state index contributed by atoms with van der Waals surface area (Å²) in [6.07, 6.45) is 3.06. The lowest BCUT2D eigenvalue weighted by Gasteiger charge is -2.32. The smallest absolute Gasteiger partial charge is 0.140 e. The monoisotopic (exact) mass is 290 g/mol. The fraction of sp³-hybridized carbons (Fsp3) is 0.562. The number of benzene rings is 1. The summed E-state index contributed by atoms with van der Waals surface area (Å²) in [6.45, 7) is 3.00. The summed E-state index contributed by atoms with van der Waals surface area (Å²) in [7, 11) is 0. The first-order valence-electron chi connectivity index (χ1n) is 7.36. The van der Waals surface area contributed by atoms with Crippen LogP contribution in [0, 0.1) is 17.1 Å². The van der Waals surface area contributed by atoms with Crippen molar-refractivity contribution in [2.24, 2.45) is 0 Å². The third kappa shape index (κ3) is 3.24. The van der Waals surface area contributed by atoms with Crippen LogP contribution in [0.5, 0.6) is 0 Å². The number of piperidine rings is 1. The maximum Gasteiger partial charge on any atom is 0.140 e. The normalized spacial score (nSPS) is 24.1. The van der Waals surface area contributed by atoms with Crippen molar-refractivity contribution in [2.75, 3.05) is 19.7 Å². The van der Waals surface area contributed by atoms with E-state index in [2.05, 4.69) is 5.32 Å². The van der Waals surface area contributed by atoms with Crippen LogP contribution in [0.2, 0.25) is 0 Å². The predicted molar refractivity (Wildman–Crippen MR) is 75.1 cm³/mol. The van der Waals surface area contributed by atoms with Crippen molar-refractivity contribution in [2.45, 2.75) is 37.6 Å². The van der Waals surface area contributed by atoms with Crippen molar-refractivity contribution in [3.8, 4) is 6.07 Å². The minimum Gasteiger partial charge on any atom is -0.372 e. The van der Waals surface area contributed by atoms with Gasteiger partial charge in [-0.05, 0) is 43.6 Å². The Bertz CT molecular complexity index is 550. The largest absolute Gasteiger partial charge is 0.372 e. The zero-order valence-corrected chi connectivity index (χ0v) is 11.9. The molecule has 1 atom stereocenters. The van der Waals surface area contributed by atoms with Gasteiger partial charge in [0.25, 0.3) is 0 Å². The number of ether oxygens (including phenoxy) is 2. The second kappa shape index (κ2) is 6.10. The molecule has 0 aliphatic carbocycles. The van der Waals surface area contributed by atoms with Crippen LogP contribution in [0.1, 0.15) is 30.4 Å². The van der Waals surface area contributed by atoms with Gasteiger partial charge in [-0.3, -0.25) is 0 Å². The van der Waals surface area contributed by atoms with Gasteiger partial charge in [-0.2, -0.15) is 5.26 Å². The summed E-state index contributed by atoms with van der Waals surface area (Å²) < 4.78 is 25.1. The molecule has 1 aromatic carbocycles. The van der Waals surface area contributed by atoms with Crippen LogP contribution in [0.25, 0.3) is 0 Å². The van der Waals surface area contributed by atoms with Crippen LogP contribution < -0.4 is 5.32 Å². The molecule has 0 radical (unpaired) electrons. The molecule has 1 unspecified atom stereocenters. The fourth-order valence-electron chi connectivity index (χ4n) is 3.10. The Kier molecular flexibility index (Phi) is 4.20. The molecule has 21 heavy (non-hydrogen) atoms. The molecule has 1 spiro atoms. The van der Waals surface area contributed by atoms with Crippen molar-refractivity contribution >= 4 is 0 Å². The van der Waals surface area contributed by atoms with E-state index in [0.29, 0.717) is 13.2 Å². The van der Waals surface area contributed by atoms with E-state index in [1.54, 1.807) is 12.1 Å². The van der Waals surface area contributed by atoms with Crippen molar-refractivity contribution < 1.29 is 13.9 Å². The lowest BCUT2D eigenvalue weighted by atomic mass is 9.89. The molecule has 1 N–H and O–H groups in total. The minimum atomic E-state index is -0.487. The van der Waals surface area contributed by atoms with E-state index in [9.17, 15) is 4.39 Å². The molecule has 3 rings (SSSR count). The molecule has 0 amide bonds. The number of nitrogens with one attached hydrogen (secondary N) is 1. The van der Waals surface area contributed by atoms with Gasteiger partial charge in [0.2, 0.25) is 0 Å². The Labute approximate surface area is 123 Å². The van der Waals surface area contributed by atoms with E-state index >= 15 is 0 Å². The molecule has 4 nitrogen and oxygen atoms in total. The molecule has 0 bridgehead atoms. The summed E-state index contributed by atoms with van der Waals surface area (Å²) >= 11 is 0. The molecule has 0 saturated carbocycles. The number of halogens is 1. The topological polar surface area (TPSA) is 54.3 Å². The molecule has 5 heteroatoms. The van der Waals surface area contributed by atoms with E-state index in [4.69, 9.17) is 14.7 Å². The predicted octanol–water partition coefficient (Wildman–Crippen LogP) is 2.13. The Morgan fingerprint density at radius 3 is 3.00 bits per heavy atom. The van der Waals surface area contributed by atoms with Crippen molar-refractivity contribution in [1.82, 2.24) is 5.32 Å². The Hall–Kier alpha value is -1.48. The highest BCUT2D eigenvalue weighted by atomic mass is 19.1. The van der Waals surface area contributed by atoms with Crippen LogP contribution in [-0.2, 0) is 16.1 Å². The van der Waals surface area contributed by atoms with Crippen molar-refractivity contribution in [3.63, 3.8) is 0 Å². The summed E-state index contributed by atoms with van der Waals surface area (Å²) in [5, 5.41) is 12.2. The van der Waals surface area contributed by atoms with Gasteiger partial charge < -0.3 is 14.8 Å². The van der Waals surface area contributed by atoms with E-state index in [1.165, 1.54) is 6.07 Å². The van der Waals surface area contributed by atoms with Gasteiger partial charge >= 0.3 is 0 Å². The lowest BCUT2D eigenvalue weighted by Crippen LogP contribution is -2.41. The van der Waals surface area contributed by atoms with Crippen LogP contribution in [0.3, 0.4) is 0 Å². The van der Waals surface area contributed by atoms with Crippen LogP contribution in [0.15, 0.2) is 18.2 Å². The van der Waals surface area contributed by atoms with Gasteiger partial charge in [0, 0.05) is 6.42 Å². The first-order valence-corrected chi connectivity index (χ1v) is 7.36. The van der Waals surface area contributed by atoms with E-state index < -0.39 is 5.82 Å². The third-order valence-corrected chi connectivity index (χ3v) is 4.33. The number of rotatable bonds is 3. The molecular weight excluding hydrogens is 271 g/mol. The maximum absolute atomic E-state index is 13.3. The summed E-state index contributed by atoms with van der Waals surface area (Å²) in [5.41, 5.74) is 0.865. The lowest BCUT2D eigenvalue weighted by molar-refractivity contribution is -0.0240. The summed E-state index contributed by atoms with van der Waals surface area (Å²) in [5.74, 6) is -0.487. The van der Waals surface area contributed by atoms with E-state index in [1.807, 2.05) is 6.07 Å². The molecule has 2 fully saturated rings. The Morgan fingerprint density at radius 2 is 2.24 bits per heavy atom. The molecule has 1 aromatic rings. The van der Waals surface area contributed by atoms with Gasteiger partial charge in [0.05, 0.1) is 30.5 Å². The van der Waals surface area contributed by atoms with Gasteiger partial charge in [0.1, 0.15) is 11.9 Å². The fourth-order valence-corrected chi connectivity index (χ4v) is 3.10. The Morgan fingerprint density at radius 1 is 1.43 bits per heavy atom. The number of nitrogens with zero attached hydrogens (tertiary/aromatic N) is 1. The van der Waals surface area contributed by atoms with Gasteiger partial charge in [-0.15, -0.1) is 0 Å². The third-order valence-electron chi connectivity index (χ3n) is 4.33. The highest BCUT2D eigenvalue weighted by molar-refractivity contribution is 5.34. The first kappa shape index (κ1) is 14.5. The molecule has 2 aliphatic rings. The quantitative estimate of drug-likeness (QED) is 0.926. The minimum absolute atomic E-state index is 0.0173. The molecule has 0 aromatic heterocycles. The Balaban J connectivity index is 1.55. The van der Waals surface area contributed by atoms with Gasteiger partial charge in [-0.25, -0.2) is 4.39 Å². The highest BCUT2D eigenvalue weighted by Gasteiger charge is 2.41. The van der Waals surface area contributed by atoms with Crippen LogP contribution in [-0.4, -0.2) is 31.4 Å². The average Bonchev–Trinajstić information content (AvgIpc) is 2.90. The van der Waals surface area contributed by atoms with E-state index in [-0.39, 0.29) is 17.3 Å². The van der Waals surface area contributed by atoms with Crippen LogP contribution in [0.4, 0.5) is 4.39 Å². The van der Waals surface area contributed by atoms with Crippen LogP contribution >= 0.6 is 0 Å². The molecule has 2 aliphatic heterocycles. The van der Waals surface area contributed by atoms with Gasteiger partial charge in [-0.1, -0.05) is 6.07 Å². The summed E-state index contributed by atoms with van der Waals surface area (Å²) in [4.78, 5) is 0.